The second-order valence-corrected chi connectivity index (χ2v) is 11.0. The number of hydrogen-bond acceptors (Lipinski definition) is 7. The predicted molar refractivity (Wildman–Crippen MR) is 130 cm³/mol. The van der Waals surface area contributed by atoms with Gasteiger partial charge in [0.05, 0.1) is 11.4 Å². The van der Waals surface area contributed by atoms with E-state index in [9.17, 15) is 8.42 Å². The molecule has 1 fully saturated rings. The summed E-state index contributed by atoms with van der Waals surface area (Å²) in [5.74, 6) is 1.72. The quantitative estimate of drug-likeness (QED) is 0.658. The molecule has 0 radical (unpaired) electrons. The van der Waals surface area contributed by atoms with Gasteiger partial charge >= 0.3 is 0 Å². The first-order valence-corrected chi connectivity index (χ1v) is 13.1. The molecule has 32 heavy (non-hydrogen) atoms. The molecule has 1 saturated heterocycles. The van der Waals surface area contributed by atoms with Crippen molar-refractivity contribution in [3.63, 3.8) is 0 Å². The van der Waals surface area contributed by atoms with E-state index < -0.39 is 10.0 Å². The highest BCUT2D eigenvalue weighted by Gasteiger charge is 2.31. The maximum Gasteiger partial charge on any atom is 0.227 e. The Morgan fingerprint density at radius 1 is 1.00 bits per heavy atom. The summed E-state index contributed by atoms with van der Waals surface area (Å²) in [4.78, 5) is 16.7. The number of anilines is 3. The van der Waals surface area contributed by atoms with Gasteiger partial charge in [-0.15, -0.1) is 0 Å². The minimum Gasteiger partial charge on any atom is -0.368 e. The first kappa shape index (κ1) is 22.8. The predicted octanol–water partition coefficient (Wildman–Crippen LogP) is 2.36. The standard InChI is InChI=1S/C23H34N6O2S/c1-5-32(30,31)29-12-11-21-20(17-29)22(26(4)18(2)3)25-23(24-21)28-15-13-27(14-16-28)19-9-7-6-8-10-19/h6-10,18H,5,11-17H2,1-4H3. The molecule has 2 aromatic rings. The highest BCUT2D eigenvalue weighted by molar-refractivity contribution is 7.89. The van der Waals surface area contributed by atoms with Crippen molar-refractivity contribution in [2.24, 2.45) is 0 Å². The molecular weight excluding hydrogens is 424 g/mol. The molecule has 2 aliphatic heterocycles. The van der Waals surface area contributed by atoms with E-state index in [0.29, 0.717) is 19.5 Å². The van der Waals surface area contributed by atoms with Gasteiger partial charge in [0, 0.05) is 70.0 Å². The van der Waals surface area contributed by atoms with Gasteiger partial charge in [0.2, 0.25) is 16.0 Å². The lowest BCUT2D eigenvalue weighted by Crippen LogP contribution is -2.47. The van der Waals surface area contributed by atoms with Gasteiger partial charge in [-0.2, -0.15) is 9.29 Å². The third-order valence-corrected chi connectivity index (χ3v) is 8.37. The molecule has 2 aliphatic rings. The molecule has 1 aromatic carbocycles. The summed E-state index contributed by atoms with van der Waals surface area (Å²) in [6, 6.07) is 10.7. The maximum absolute atomic E-state index is 12.5. The van der Waals surface area contributed by atoms with Crippen LogP contribution in [0.1, 0.15) is 32.0 Å². The monoisotopic (exact) mass is 458 g/mol. The van der Waals surface area contributed by atoms with Gasteiger partial charge in [-0.25, -0.2) is 13.4 Å². The third-order valence-electron chi connectivity index (χ3n) is 6.54. The van der Waals surface area contributed by atoms with Crippen molar-refractivity contribution in [2.75, 3.05) is 60.2 Å². The third kappa shape index (κ3) is 4.54. The molecule has 0 N–H and O–H groups in total. The minimum absolute atomic E-state index is 0.113. The van der Waals surface area contributed by atoms with Crippen LogP contribution in [-0.4, -0.2) is 74.3 Å². The summed E-state index contributed by atoms with van der Waals surface area (Å²) >= 11 is 0. The Bertz CT molecular complexity index is 1040. The molecule has 4 rings (SSSR count). The Labute approximate surface area is 191 Å². The van der Waals surface area contributed by atoms with E-state index in [1.165, 1.54) is 5.69 Å². The highest BCUT2D eigenvalue weighted by Crippen LogP contribution is 2.31. The molecule has 0 atom stereocenters. The topological polar surface area (TPSA) is 72.9 Å². The average molecular weight is 459 g/mol. The van der Waals surface area contributed by atoms with Gasteiger partial charge < -0.3 is 14.7 Å². The molecule has 9 heteroatoms. The van der Waals surface area contributed by atoms with Gasteiger partial charge in [0.25, 0.3) is 0 Å². The van der Waals surface area contributed by atoms with Crippen LogP contribution in [0.5, 0.6) is 0 Å². The van der Waals surface area contributed by atoms with Gasteiger partial charge in [0.1, 0.15) is 5.82 Å². The number of nitrogens with zero attached hydrogens (tertiary/aromatic N) is 6. The summed E-state index contributed by atoms with van der Waals surface area (Å²) < 4.78 is 26.6. The minimum atomic E-state index is -3.25. The lowest BCUT2D eigenvalue weighted by atomic mass is 10.1. The number of fused-ring (bicyclic) bond motifs is 1. The molecule has 0 bridgehead atoms. The average Bonchev–Trinajstić information content (AvgIpc) is 2.83. The molecule has 0 spiro atoms. The summed E-state index contributed by atoms with van der Waals surface area (Å²) in [7, 11) is -1.22. The van der Waals surface area contributed by atoms with Crippen LogP contribution in [0.3, 0.4) is 0 Å². The smallest absolute Gasteiger partial charge is 0.227 e. The van der Waals surface area contributed by atoms with Crippen LogP contribution >= 0.6 is 0 Å². The number of sulfonamides is 1. The Balaban J connectivity index is 1.60. The normalized spacial score (nSPS) is 17.5. The Kier molecular flexibility index (Phi) is 6.57. The number of piperazine rings is 1. The SMILES string of the molecule is CCS(=O)(=O)N1CCc2nc(N3CCN(c4ccccc4)CC3)nc(N(C)C(C)C)c2C1. The molecule has 8 nitrogen and oxygen atoms in total. The van der Waals surface area contributed by atoms with E-state index in [0.717, 1.165) is 49.2 Å². The van der Waals surface area contributed by atoms with Crippen LogP contribution in [-0.2, 0) is 23.0 Å². The van der Waals surface area contributed by atoms with Gasteiger partial charge in [0.15, 0.2) is 0 Å². The number of aromatic nitrogens is 2. The van der Waals surface area contributed by atoms with Crippen molar-refractivity contribution >= 4 is 27.5 Å². The zero-order valence-electron chi connectivity index (χ0n) is 19.5. The van der Waals surface area contributed by atoms with Crippen molar-refractivity contribution in [3.8, 4) is 0 Å². The van der Waals surface area contributed by atoms with E-state index in [-0.39, 0.29) is 11.8 Å². The molecule has 1 aromatic heterocycles. The summed E-state index contributed by atoms with van der Waals surface area (Å²) in [5, 5.41) is 0. The maximum atomic E-state index is 12.5. The van der Waals surface area contributed by atoms with Crippen molar-refractivity contribution in [1.82, 2.24) is 14.3 Å². The number of benzene rings is 1. The second kappa shape index (κ2) is 9.23. The molecule has 0 amide bonds. The van der Waals surface area contributed by atoms with Crippen LogP contribution < -0.4 is 14.7 Å². The van der Waals surface area contributed by atoms with Gasteiger partial charge in [-0.3, -0.25) is 0 Å². The fourth-order valence-corrected chi connectivity index (χ4v) is 5.32. The Morgan fingerprint density at radius 2 is 1.66 bits per heavy atom. The van der Waals surface area contributed by atoms with Crippen molar-refractivity contribution in [2.45, 2.75) is 39.8 Å². The van der Waals surface area contributed by atoms with Gasteiger partial charge in [-0.1, -0.05) is 18.2 Å². The summed E-state index contributed by atoms with van der Waals surface area (Å²) in [6.07, 6.45) is 0.618. The van der Waals surface area contributed by atoms with Crippen molar-refractivity contribution < 1.29 is 8.42 Å². The Hall–Kier alpha value is -2.39. The molecular formula is C23H34N6O2S. The first-order chi connectivity index (χ1) is 15.3. The molecule has 0 aliphatic carbocycles. The second-order valence-electron chi connectivity index (χ2n) is 8.77. The molecule has 0 saturated carbocycles. The molecule has 3 heterocycles. The van der Waals surface area contributed by atoms with Crippen LogP contribution in [0, 0.1) is 0 Å². The fraction of sp³-hybridized carbons (Fsp3) is 0.565. The molecule has 0 unspecified atom stereocenters. The van der Waals surface area contributed by atoms with Crippen LogP contribution in [0.15, 0.2) is 30.3 Å². The van der Waals surface area contributed by atoms with Gasteiger partial charge in [-0.05, 0) is 32.9 Å². The van der Waals surface area contributed by atoms with Crippen molar-refractivity contribution in [1.29, 1.82) is 0 Å². The number of rotatable bonds is 6. The fourth-order valence-electron chi connectivity index (χ4n) is 4.26. The van der Waals surface area contributed by atoms with E-state index >= 15 is 0 Å². The highest BCUT2D eigenvalue weighted by atomic mass is 32.2. The lowest BCUT2D eigenvalue weighted by molar-refractivity contribution is 0.387. The zero-order chi connectivity index (χ0) is 22.9. The first-order valence-electron chi connectivity index (χ1n) is 11.5. The van der Waals surface area contributed by atoms with E-state index in [1.54, 1.807) is 11.2 Å². The molecule has 174 valence electrons. The zero-order valence-corrected chi connectivity index (χ0v) is 20.3. The number of para-hydroxylation sites is 1. The Morgan fingerprint density at radius 3 is 2.28 bits per heavy atom. The van der Waals surface area contributed by atoms with E-state index in [1.807, 2.05) is 13.1 Å². The van der Waals surface area contributed by atoms with E-state index in [2.05, 4.69) is 52.8 Å². The summed E-state index contributed by atoms with van der Waals surface area (Å²) in [5.41, 5.74) is 3.16. The van der Waals surface area contributed by atoms with Crippen molar-refractivity contribution in [3.05, 3.63) is 41.6 Å². The van der Waals surface area contributed by atoms with E-state index in [4.69, 9.17) is 9.97 Å². The van der Waals surface area contributed by atoms with Crippen LogP contribution in [0.4, 0.5) is 17.5 Å². The van der Waals surface area contributed by atoms with Crippen LogP contribution in [0.25, 0.3) is 0 Å². The van der Waals surface area contributed by atoms with Crippen LogP contribution in [0.2, 0.25) is 0 Å². The summed E-state index contributed by atoms with van der Waals surface area (Å²) in [6.45, 7) is 10.3. The lowest BCUT2D eigenvalue weighted by Gasteiger charge is -2.38. The number of hydrogen-bond donors (Lipinski definition) is 0. The largest absolute Gasteiger partial charge is 0.368 e.